The lowest BCUT2D eigenvalue weighted by Gasteiger charge is -2.11. The monoisotopic (exact) mass is 341 g/mol. The molecule has 1 rings (SSSR count). The van der Waals surface area contributed by atoms with Gasteiger partial charge in [-0.2, -0.15) is 0 Å². The molecule has 0 bridgehead atoms. The number of amides is 2. The molecule has 2 amide bonds. The molecule has 0 aliphatic heterocycles. The van der Waals surface area contributed by atoms with Gasteiger partial charge < -0.3 is 16.4 Å². The number of benzene rings is 1. The Kier molecular flexibility index (Phi) is 10.3. The van der Waals surface area contributed by atoms with Crippen LogP contribution in [0.25, 0.3) is 0 Å². The van der Waals surface area contributed by atoms with E-state index < -0.39 is 0 Å². The molecule has 1 aromatic rings. The molecule has 6 heteroatoms. The molecular formula is C17H28ClN3O2. The fraction of sp³-hybridized carbons (Fsp3) is 0.529. The second-order valence-corrected chi connectivity index (χ2v) is 5.93. The minimum absolute atomic E-state index is 0. The number of carbonyl (C=O) groups excluding carboxylic acids is 2. The average Bonchev–Trinajstić information content (AvgIpc) is 2.44. The summed E-state index contributed by atoms with van der Waals surface area (Å²) in [4.78, 5) is 23.8. The molecule has 0 aliphatic carbocycles. The number of rotatable bonds is 8. The van der Waals surface area contributed by atoms with Crippen molar-refractivity contribution in [1.29, 1.82) is 0 Å². The Labute approximate surface area is 144 Å². The molecule has 0 saturated heterocycles. The lowest BCUT2D eigenvalue weighted by Crippen LogP contribution is -2.25. The van der Waals surface area contributed by atoms with E-state index in [2.05, 4.69) is 10.6 Å². The van der Waals surface area contributed by atoms with Crippen LogP contribution in [0.2, 0.25) is 0 Å². The summed E-state index contributed by atoms with van der Waals surface area (Å²) in [5, 5.41) is 5.75. The van der Waals surface area contributed by atoms with Crippen LogP contribution in [0.5, 0.6) is 0 Å². The van der Waals surface area contributed by atoms with E-state index in [1.54, 1.807) is 18.2 Å². The van der Waals surface area contributed by atoms with E-state index >= 15 is 0 Å². The largest absolute Gasteiger partial charge is 0.352 e. The van der Waals surface area contributed by atoms with Gasteiger partial charge in [0.2, 0.25) is 5.91 Å². The predicted octanol–water partition coefficient (Wildman–Crippen LogP) is 2.87. The third-order valence-corrected chi connectivity index (χ3v) is 3.27. The van der Waals surface area contributed by atoms with Gasteiger partial charge in [0, 0.05) is 24.2 Å². The number of hydrogen-bond donors (Lipinski definition) is 3. The van der Waals surface area contributed by atoms with Crippen LogP contribution in [-0.2, 0) is 4.79 Å². The van der Waals surface area contributed by atoms with Crippen molar-refractivity contribution in [3.05, 3.63) is 29.3 Å². The SMILES string of the molecule is Cc1cc(C(=O)NCCCCN)ccc1NC(=O)CC(C)C.Cl. The molecule has 0 radical (unpaired) electrons. The number of aryl methyl sites for hydroxylation is 1. The topological polar surface area (TPSA) is 84.2 Å². The lowest BCUT2D eigenvalue weighted by molar-refractivity contribution is -0.116. The summed E-state index contributed by atoms with van der Waals surface area (Å²) in [6.07, 6.45) is 2.27. The molecule has 5 nitrogen and oxygen atoms in total. The lowest BCUT2D eigenvalue weighted by atomic mass is 10.1. The summed E-state index contributed by atoms with van der Waals surface area (Å²) >= 11 is 0. The van der Waals surface area contributed by atoms with Crippen molar-refractivity contribution in [2.45, 2.75) is 40.0 Å². The second-order valence-electron chi connectivity index (χ2n) is 5.93. The molecule has 0 heterocycles. The molecule has 1 aromatic carbocycles. The molecule has 0 unspecified atom stereocenters. The minimum Gasteiger partial charge on any atom is -0.352 e. The van der Waals surface area contributed by atoms with Gasteiger partial charge in [-0.05, 0) is 56.0 Å². The molecule has 0 fully saturated rings. The van der Waals surface area contributed by atoms with Crippen LogP contribution in [0.1, 0.15) is 49.0 Å². The van der Waals surface area contributed by atoms with Crippen LogP contribution >= 0.6 is 12.4 Å². The Bertz CT molecular complexity index is 519. The Morgan fingerprint density at radius 2 is 1.91 bits per heavy atom. The van der Waals surface area contributed by atoms with E-state index in [0.717, 1.165) is 24.1 Å². The summed E-state index contributed by atoms with van der Waals surface area (Å²) in [6, 6.07) is 5.31. The van der Waals surface area contributed by atoms with Gasteiger partial charge in [0.1, 0.15) is 0 Å². The molecule has 23 heavy (non-hydrogen) atoms. The van der Waals surface area contributed by atoms with Crippen molar-refractivity contribution in [2.75, 3.05) is 18.4 Å². The average molecular weight is 342 g/mol. The number of anilines is 1. The summed E-state index contributed by atoms with van der Waals surface area (Å²) in [5.74, 6) is 0.219. The van der Waals surface area contributed by atoms with E-state index in [1.807, 2.05) is 20.8 Å². The highest BCUT2D eigenvalue weighted by Gasteiger charge is 2.10. The van der Waals surface area contributed by atoms with Crippen LogP contribution < -0.4 is 16.4 Å². The van der Waals surface area contributed by atoms with Gasteiger partial charge in [0.25, 0.3) is 5.91 Å². The summed E-state index contributed by atoms with van der Waals surface area (Å²) < 4.78 is 0. The normalized spacial score (nSPS) is 10.1. The summed E-state index contributed by atoms with van der Waals surface area (Å²) in [7, 11) is 0. The fourth-order valence-corrected chi connectivity index (χ4v) is 2.09. The number of hydrogen-bond acceptors (Lipinski definition) is 3. The standard InChI is InChI=1S/C17H27N3O2.ClH/c1-12(2)10-16(21)20-15-7-6-14(11-13(15)3)17(22)19-9-5-4-8-18;/h6-7,11-12H,4-5,8-10,18H2,1-3H3,(H,19,22)(H,20,21);1H. The van der Waals surface area contributed by atoms with Gasteiger partial charge in [-0.3, -0.25) is 9.59 Å². The maximum absolute atomic E-state index is 12.0. The van der Waals surface area contributed by atoms with Crippen LogP contribution in [0.3, 0.4) is 0 Å². The Balaban J connectivity index is 0.00000484. The van der Waals surface area contributed by atoms with Crippen LogP contribution in [-0.4, -0.2) is 24.9 Å². The molecule has 0 saturated carbocycles. The third-order valence-electron chi connectivity index (χ3n) is 3.27. The second kappa shape index (κ2) is 11.0. The van der Waals surface area contributed by atoms with Crippen LogP contribution in [0, 0.1) is 12.8 Å². The quantitative estimate of drug-likeness (QED) is 0.636. The molecular weight excluding hydrogens is 314 g/mol. The Hall–Kier alpha value is -1.59. The zero-order valence-corrected chi connectivity index (χ0v) is 15.0. The maximum Gasteiger partial charge on any atom is 0.251 e. The molecule has 0 aliphatic rings. The van der Waals surface area contributed by atoms with Crippen molar-refractivity contribution in [3.8, 4) is 0 Å². The summed E-state index contributed by atoms with van der Waals surface area (Å²) in [5.41, 5.74) is 7.66. The number of carbonyl (C=O) groups is 2. The molecule has 130 valence electrons. The zero-order chi connectivity index (χ0) is 16.5. The first kappa shape index (κ1) is 21.4. The first-order valence-electron chi connectivity index (χ1n) is 7.82. The van der Waals surface area contributed by atoms with Crippen molar-refractivity contribution in [3.63, 3.8) is 0 Å². The van der Waals surface area contributed by atoms with E-state index in [1.165, 1.54) is 0 Å². The molecule has 0 aromatic heterocycles. The first-order valence-corrected chi connectivity index (χ1v) is 7.82. The van der Waals surface area contributed by atoms with Gasteiger partial charge >= 0.3 is 0 Å². The zero-order valence-electron chi connectivity index (χ0n) is 14.1. The fourth-order valence-electron chi connectivity index (χ4n) is 2.09. The van der Waals surface area contributed by atoms with E-state index in [0.29, 0.717) is 31.0 Å². The molecule has 4 N–H and O–H groups in total. The Morgan fingerprint density at radius 3 is 2.48 bits per heavy atom. The van der Waals surface area contributed by atoms with E-state index in [4.69, 9.17) is 5.73 Å². The highest BCUT2D eigenvalue weighted by atomic mass is 35.5. The van der Waals surface area contributed by atoms with Gasteiger partial charge in [-0.1, -0.05) is 13.8 Å². The van der Waals surface area contributed by atoms with Gasteiger partial charge in [-0.15, -0.1) is 12.4 Å². The Morgan fingerprint density at radius 1 is 1.22 bits per heavy atom. The van der Waals surface area contributed by atoms with Crippen molar-refractivity contribution >= 4 is 29.9 Å². The molecule has 0 spiro atoms. The predicted molar refractivity (Wildman–Crippen MR) is 97.1 cm³/mol. The number of nitrogens with two attached hydrogens (primary N) is 1. The highest BCUT2D eigenvalue weighted by Crippen LogP contribution is 2.17. The van der Waals surface area contributed by atoms with E-state index in [9.17, 15) is 9.59 Å². The number of unbranched alkanes of at least 4 members (excludes halogenated alkanes) is 1. The van der Waals surface area contributed by atoms with Crippen molar-refractivity contribution in [2.24, 2.45) is 11.7 Å². The van der Waals surface area contributed by atoms with Crippen LogP contribution in [0.4, 0.5) is 5.69 Å². The number of nitrogens with one attached hydrogen (secondary N) is 2. The van der Waals surface area contributed by atoms with Crippen molar-refractivity contribution < 1.29 is 9.59 Å². The highest BCUT2D eigenvalue weighted by molar-refractivity contribution is 5.96. The van der Waals surface area contributed by atoms with Gasteiger partial charge in [-0.25, -0.2) is 0 Å². The van der Waals surface area contributed by atoms with Gasteiger partial charge in [0.05, 0.1) is 0 Å². The van der Waals surface area contributed by atoms with Crippen molar-refractivity contribution in [1.82, 2.24) is 5.32 Å². The third kappa shape index (κ3) is 8.00. The minimum atomic E-state index is -0.0971. The van der Waals surface area contributed by atoms with E-state index in [-0.39, 0.29) is 24.2 Å². The number of halogens is 1. The maximum atomic E-state index is 12.0. The van der Waals surface area contributed by atoms with Gasteiger partial charge in [0.15, 0.2) is 0 Å². The molecule has 0 atom stereocenters. The summed E-state index contributed by atoms with van der Waals surface area (Å²) in [6.45, 7) is 7.16. The smallest absolute Gasteiger partial charge is 0.251 e. The first-order chi connectivity index (χ1) is 10.4. The van der Waals surface area contributed by atoms with Crippen LogP contribution in [0.15, 0.2) is 18.2 Å².